The summed E-state index contributed by atoms with van der Waals surface area (Å²) in [5, 5.41) is 9.05. The van der Waals surface area contributed by atoms with Crippen LogP contribution in [0.25, 0.3) is 0 Å². The van der Waals surface area contributed by atoms with E-state index in [2.05, 4.69) is 0 Å². The summed E-state index contributed by atoms with van der Waals surface area (Å²) in [6, 6.07) is 0. The molecule has 0 aromatic carbocycles. The minimum absolute atomic E-state index is 0.121. The first-order valence-corrected chi connectivity index (χ1v) is 8.20. The summed E-state index contributed by atoms with van der Waals surface area (Å²) in [4.78, 5) is 11.0. The highest BCUT2D eigenvalue weighted by Crippen LogP contribution is 2.33. The van der Waals surface area contributed by atoms with Gasteiger partial charge in [0.1, 0.15) is 0 Å². The van der Waals surface area contributed by atoms with Crippen molar-refractivity contribution < 1.29 is 18.3 Å². The molecule has 2 fully saturated rings. The normalized spacial score (nSPS) is 30.3. The SMILES string of the molecule is CC1CC(C(=O)O)CN(S(=O)(=O)CCC2CC2)C1. The van der Waals surface area contributed by atoms with E-state index >= 15 is 0 Å². The fourth-order valence-corrected chi connectivity index (χ4v) is 4.34. The largest absolute Gasteiger partial charge is 0.481 e. The zero-order valence-electron chi connectivity index (χ0n) is 10.7. The first kappa shape index (κ1) is 13.8. The third kappa shape index (κ3) is 3.45. The molecule has 2 aliphatic rings. The van der Waals surface area contributed by atoms with Gasteiger partial charge in [-0.2, -0.15) is 0 Å². The van der Waals surface area contributed by atoms with Crippen molar-refractivity contribution in [1.29, 1.82) is 0 Å². The van der Waals surface area contributed by atoms with Gasteiger partial charge < -0.3 is 5.11 Å². The van der Waals surface area contributed by atoms with Gasteiger partial charge in [0, 0.05) is 13.1 Å². The summed E-state index contributed by atoms with van der Waals surface area (Å²) in [7, 11) is -3.27. The van der Waals surface area contributed by atoms with Gasteiger partial charge in [0.05, 0.1) is 11.7 Å². The van der Waals surface area contributed by atoms with Gasteiger partial charge in [-0.1, -0.05) is 19.8 Å². The number of aliphatic carboxylic acids is 1. The van der Waals surface area contributed by atoms with Gasteiger partial charge in [0.2, 0.25) is 10.0 Å². The lowest BCUT2D eigenvalue weighted by atomic mass is 9.92. The smallest absolute Gasteiger partial charge is 0.307 e. The van der Waals surface area contributed by atoms with Crippen LogP contribution in [0.5, 0.6) is 0 Å². The van der Waals surface area contributed by atoms with Crippen molar-refractivity contribution in [2.24, 2.45) is 17.8 Å². The first-order valence-electron chi connectivity index (χ1n) is 6.59. The highest BCUT2D eigenvalue weighted by Gasteiger charge is 2.36. The lowest BCUT2D eigenvalue weighted by molar-refractivity contribution is -0.143. The molecular weight excluding hydrogens is 254 g/mol. The molecule has 0 bridgehead atoms. The summed E-state index contributed by atoms with van der Waals surface area (Å²) in [6.07, 6.45) is 3.59. The quantitative estimate of drug-likeness (QED) is 0.817. The Morgan fingerprint density at radius 2 is 2.00 bits per heavy atom. The maximum absolute atomic E-state index is 12.2. The molecule has 1 aliphatic carbocycles. The van der Waals surface area contributed by atoms with E-state index in [0.29, 0.717) is 18.9 Å². The van der Waals surface area contributed by atoms with Crippen LogP contribution in [-0.2, 0) is 14.8 Å². The third-order valence-electron chi connectivity index (χ3n) is 3.85. The predicted molar refractivity (Wildman–Crippen MR) is 67.6 cm³/mol. The second-order valence-electron chi connectivity index (χ2n) is 5.74. The van der Waals surface area contributed by atoms with E-state index in [1.54, 1.807) is 0 Å². The Labute approximate surface area is 108 Å². The molecular formula is C12H21NO4S. The number of nitrogens with zero attached hydrogens (tertiary/aromatic N) is 1. The molecule has 0 aromatic rings. The molecule has 1 heterocycles. The number of sulfonamides is 1. The standard InChI is InChI=1S/C12H21NO4S/c1-9-6-11(12(14)15)8-13(7-9)18(16,17)5-4-10-2-3-10/h9-11H,2-8H2,1H3,(H,14,15). The minimum atomic E-state index is -3.27. The van der Waals surface area contributed by atoms with Crippen LogP contribution in [0.2, 0.25) is 0 Å². The molecule has 0 aromatic heterocycles. The summed E-state index contributed by atoms with van der Waals surface area (Å²) >= 11 is 0. The number of carbonyl (C=O) groups is 1. The highest BCUT2D eigenvalue weighted by atomic mass is 32.2. The fourth-order valence-electron chi connectivity index (χ4n) is 2.56. The molecule has 0 amide bonds. The van der Waals surface area contributed by atoms with E-state index in [1.807, 2.05) is 6.92 Å². The van der Waals surface area contributed by atoms with Crippen molar-refractivity contribution in [2.75, 3.05) is 18.8 Å². The molecule has 0 spiro atoms. The summed E-state index contributed by atoms with van der Waals surface area (Å²) in [6.45, 7) is 2.53. The molecule has 5 nitrogen and oxygen atoms in total. The van der Waals surface area contributed by atoms with E-state index in [1.165, 1.54) is 4.31 Å². The van der Waals surface area contributed by atoms with Gasteiger partial charge >= 0.3 is 5.97 Å². The Bertz CT molecular complexity index is 416. The van der Waals surface area contributed by atoms with E-state index < -0.39 is 21.9 Å². The first-order chi connectivity index (χ1) is 8.38. The second kappa shape index (κ2) is 5.17. The van der Waals surface area contributed by atoms with Crippen molar-refractivity contribution in [3.05, 3.63) is 0 Å². The maximum Gasteiger partial charge on any atom is 0.307 e. The Balaban J connectivity index is 1.98. The van der Waals surface area contributed by atoms with Crippen molar-refractivity contribution >= 4 is 16.0 Å². The molecule has 104 valence electrons. The van der Waals surface area contributed by atoms with Gasteiger partial charge in [0.25, 0.3) is 0 Å². The molecule has 2 atom stereocenters. The maximum atomic E-state index is 12.2. The average molecular weight is 275 g/mol. The number of rotatable bonds is 5. The zero-order valence-corrected chi connectivity index (χ0v) is 11.5. The molecule has 2 unspecified atom stereocenters. The van der Waals surface area contributed by atoms with Crippen molar-refractivity contribution in [2.45, 2.75) is 32.6 Å². The van der Waals surface area contributed by atoms with Crippen LogP contribution in [0.3, 0.4) is 0 Å². The molecule has 6 heteroatoms. The number of carboxylic acid groups (broad SMARTS) is 1. The van der Waals surface area contributed by atoms with Gasteiger partial charge in [-0.05, 0) is 24.7 Å². The van der Waals surface area contributed by atoms with Crippen LogP contribution in [0.15, 0.2) is 0 Å². The summed E-state index contributed by atoms with van der Waals surface area (Å²) < 4.78 is 25.7. The van der Waals surface area contributed by atoms with Crippen molar-refractivity contribution in [3.63, 3.8) is 0 Å². The number of piperidine rings is 1. The number of carboxylic acids is 1. The second-order valence-corrected chi connectivity index (χ2v) is 7.83. The lowest BCUT2D eigenvalue weighted by Gasteiger charge is -2.33. The molecule has 1 aliphatic heterocycles. The fraction of sp³-hybridized carbons (Fsp3) is 0.917. The Morgan fingerprint density at radius 3 is 2.56 bits per heavy atom. The lowest BCUT2D eigenvalue weighted by Crippen LogP contribution is -2.46. The van der Waals surface area contributed by atoms with E-state index in [9.17, 15) is 13.2 Å². The molecule has 0 radical (unpaired) electrons. The molecule has 1 saturated heterocycles. The average Bonchev–Trinajstić information content (AvgIpc) is 3.09. The van der Waals surface area contributed by atoms with Crippen LogP contribution in [0.1, 0.15) is 32.6 Å². The number of hydrogen-bond donors (Lipinski definition) is 1. The van der Waals surface area contributed by atoms with Crippen LogP contribution >= 0.6 is 0 Å². The van der Waals surface area contributed by atoms with Crippen LogP contribution in [0, 0.1) is 17.8 Å². The van der Waals surface area contributed by atoms with Crippen LogP contribution in [-0.4, -0.2) is 42.6 Å². The monoisotopic (exact) mass is 275 g/mol. The third-order valence-corrected chi connectivity index (χ3v) is 5.69. The van der Waals surface area contributed by atoms with Crippen molar-refractivity contribution in [3.8, 4) is 0 Å². The van der Waals surface area contributed by atoms with E-state index in [0.717, 1.165) is 19.3 Å². The molecule has 2 rings (SSSR count). The summed E-state index contributed by atoms with van der Waals surface area (Å²) in [5.74, 6) is -0.558. The van der Waals surface area contributed by atoms with E-state index in [-0.39, 0.29) is 18.2 Å². The molecule has 1 N–H and O–H groups in total. The molecule has 18 heavy (non-hydrogen) atoms. The topological polar surface area (TPSA) is 74.7 Å². The van der Waals surface area contributed by atoms with Gasteiger partial charge in [-0.25, -0.2) is 12.7 Å². The minimum Gasteiger partial charge on any atom is -0.481 e. The Hall–Kier alpha value is -0.620. The molecule has 1 saturated carbocycles. The predicted octanol–water partition coefficient (Wildman–Crippen LogP) is 1.16. The zero-order chi connectivity index (χ0) is 13.3. The van der Waals surface area contributed by atoms with Crippen LogP contribution < -0.4 is 0 Å². The Kier molecular flexibility index (Phi) is 3.96. The van der Waals surface area contributed by atoms with E-state index in [4.69, 9.17) is 5.11 Å². The van der Waals surface area contributed by atoms with Gasteiger partial charge in [0.15, 0.2) is 0 Å². The van der Waals surface area contributed by atoms with Crippen LogP contribution in [0.4, 0.5) is 0 Å². The number of hydrogen-bond acceptors (Lipinski definition) is 3. The highest BCUT2D eigenvalue weighted by molar-refractivity contribution is 7.89. The summed E-state index contributed by atoms with van der Waals surface area (Å²) in [5.41, 5.74) is 0. The van der Waals surface area contributed by atoms with Gasteiger partial charge in [-0.15, -0.1) is 0 Å². The Morgan fingerprint density at radius 1 is 1.33 bits per heavy atom. The van der Waals surface area contributed by atoms with Gasteiger partial charge in [-0.3, -0.25) is 4.79 Å². The van der Waals surface area contributed by atoms with Crippen molar-refractivity contribution in [1.82, 2.24) is 4.31 Å².